The van der Waals surface area contributed by atoms with Gasteiger partial charge in [0.2, 0.25) is 0 Å². The van der Waals surface area contributed by atoms with E-state index in [1.165, 1.54) is 6.42 Å². The van der Waals surface area contributed by atoms with Crippen LogP contribution in [0, 0.1) is 11.8 Å². The number of hydrogen-bond donors (Lipinski definition) is 2. The fourth-order valence-corrected chi connectivity index (χ4v) is 2.83. The zero-order valence-corrected chi connectivity index (χ0v) is 11.7. The minimum absolute atomic E-state index is 0.189. The predicted octanol–water partition coefficient (Wildman–Crippen LogP) is 2.66. The molecule has 0 bridgehead atoms. The van der Waals surface area contributed by atoms with Crippen molar-refractivity contribution >= 4 is 5.91 Å². The van der Waals surface area contributed by atoms with Crippen LogP contribution in [0.2, 0.25) is 0 Å². The molecule has 1 aromatic rings. The molecule has 0 saturated heterocycles. The first-order valence-corrected chi connectivity index (χ1v) is 7.13. The molecule has 1 aliphatic carbocycles. The van der Waals surface area contributed by atoms with Gasteiger partial charge in [0.05, 0.1) is 0 Å². The zero-order valence-electron chi connectivity index (χ0n) is 11.7. The Morgan fingerprint density at radius 3 is 2.63 bits per heavy atom. The highest BCUT2D eigenvalue weighted by Gasteiger charge is 2.29. The maximum atomic E-state index is 12.1. The van der Waals surface area contributed by atoms with Gasteiger partial charge < -0.3 is 10.4 Å². The van der Waals surface area contributed by atoms with Gasteiger partial charge in [-0.2, -0.15) is 0 Å². The number of carbonyl (C=O) groups excluding carboxylic acids is 1. The summed E-state index contributed by atoms with van der Waals surface area (Å²) < 4.78 is 0. The Labute approximate surface area is 115 Å². The van der Waals surface area contributed by atoms with Crippen LogP contribution in [0.5, 0.6) is 0 Å². The largest absolute Gasteiger partial charge is 0.378 e. The lowest BCUT2D eigenvalue weighted by molar-refractivity contribution is -0.131. The summed E-state index contributed by atoms with van der Waals surface area (Å²) in [5.41, 5.74) is 0.650. The Bertz CT molecular complexity index is 418. The van der Waals surface area contributed by atoms with Crippen molar-refractivity contribution in [3.05, 3.63) is 35.9 Å². The van der Waals surface area contributed by atoms with Gasteiger partial charge in [-0.05, 0) is 23.8 Å². The van der Waals surface area contributed by atoms with Crippen molar-refractivity contribution < 1.29 is 9.90 Å². The van der Waals surface area contributed by atoms with Crippen molar-refractivity contribution in [1.29, 1.82) is 0 Å². The number of aliphatic hydroxyl groups is 1. The van der Waals surface area contributed by atoms with E-state index in [9.17, 15) is 9.90 Å². The summed E-state index contributed by atoms with van der Waals surface area (Å²) in [6.07, 6.45) is 2.33. The second-order valence-corrected chi connectivity index (χ2v) is 5.70. The molecule has 3 heteroatoms. The Balaban J connectivity index is 1.97. The first-order valence-electron chi connectivity index (χ1n) is 7.13. The van der Waals surface area contributed by atoms with E-state index < -0.39 is 6.10 Å². The molecule has 4 unspecified atom stereocenters. The number of benzene rings is 1. The lowest BCUT2D eigenvalue weighted by atomic mass is 9.78. The monoisotopic (exact) mass is 261 g/mol. The van der Waals surface area contributed by atoms with E-state index >= 15 is 0 Å². The van der Waals surface area contributed by atoms with Crippen molar-refractivity contribution in [2.24, 2.45) is 11.8 Å². The van der Waals surface area contributed by atoms with Crippen molar-refractivity contribution in [3.63, 3.8) is 0 Å². The number of amides is 1. The van der Waals surface area contributed by atoms with Gasteiger partial charge in [-0.15, -0.1) is 0 Å². The molecule has 1 saturated carbocycles. The molecular weight excluding hydrogens is 238 g/mol. The summed E-state index contributed by atoms with van der Waals surface area (Å²) in [5, 5.41) is 13.1. The van der Waals surface area contributed by atoms with Crippen LogP contribution in [0.15, 0.2) is 30.3 Å². The van der Waals surface area contributed by atoms with Crippen molar-refractivity contribution in [1.82, 2.24) is 5.32 Å². The minimum Gasteiger partial charge on any atom is -0.378 e. The van der Waals surface area contributed by atoms with Crippen LogP contribution in [0.25, 0.3) is 0 Å². The summed E-state index contributed by atoms with van der Waals surface area (Å²) in [6, 6.07) is 9.27. The molecule has 0 aliphatic heterocycles. The van der Waals surface area contributed by atoms with Gasteiger partial charge in [0, 0.05) is 6.04 Å². The lowest BCUT2D eigenvalue weighted by Crippen LogP contribution is -2.45. The number of aliphatic hydroxyl groups excluding tert-OH is 1. The SMILES string of the molecule is CC1CCCC(NC(=O)C(O)c2ccccc2)C1C. The van der Waals surface area contributed by atoms with Gasteiger partial charge in [0.15, 0.2) is 6.10 Å². The van der Waals surface area contributed by atoms with Crippen LogP contribution in [-0.2, 0) is 4.79 Å². The molecule has 1 fully saturated rings. The molecule has 0 aromatic heterocycles. The summed E-state index contributed by atoms with van der Waals surface area (Å²) in [6.45, 7) is 4.42. The smallest absolute Gasteiger partial charge is 0.253 e. The van der Waals surface area contributed by atoms with E-state index in [0.717, 1.165) is 12.8 Å². The minimum atomic E-state index is -1.06. The van der Waals surface area contributed by atoms with Crippen LogP contribution in [-0.4, -0.2) is 17.1 Å². The van der Waals surface area contributed by atoms with Gasteiger partial charge >= 0.3 is 0 Å². The van der Waals surface area contributed by atoms with Crippen LogP contribution >= 0.6 is 0 Å². The van der Waals surface area contributed by atoms with E-state index in [-0.39, 0.29) is 11.9 Å². The molecule has 1 aromatic carbocycles. The van der Waals surface area contributed by atoms with Crippen LogP contribution in [0.4, 0.5) is 0 Å². The second kappa shape index (κ2) is 6.20. The highest BCUT2D eigenvalue weighted by Crippen LogP contribution is 2.29. The third kappa shape index (κ3) is 3.35. The molecule has 0 spiro atoms. The molecule has 1 aliphatic rings. The molecule has 2 N–H and O–H groups in total. The van der Waals surface area contributed by atoms with Crippen molar-refractivity contribution in [2.45, 2.75) is 45.3 Å². The van der Waals surface area contributed by atoms with Gasteiger partial charge in [-0.1, -0.05) is 57.0 Å². The molecule has 3 nitrogen and oxygen atoms in total. The topological polar surface area (TPSA) is 49.3 Å². The normalized spacial score (nSPS) is 28.7. The van der Waals surface area contributed by atoms with Crippen molar-refractivity contribution in [2.75, 3.05) is 0 Å². The zero-order chi connectivity index (χ0) is 13.8. The van der Waals surface area contributed by atoms with E-state index in [2.05, 4.69) is 19.2 Å². The van der Waals surface area contributed by atoms with Crippen LogP contribution < -0.4 is 5.32 Å². The van der Waals surface area contributed by atoms with E-state index in [4.69, 9.17) is 0 Å². The average Bonchev–Trinajstić information content (AvgIpc) is 2.44. The Hall–Kier alpha value is -1.35. The van der Waals surface area contributed by atoms with Gasteiger partial charge in [-0.3, -0.25) is 4.79 Å². The van der Waals surface area contributed by atoms with Gasteiger partial charge in [0.1, 0.15) is 0 Å². The highest BCUT2D eigenvalue weighted by atomic mass is 16.3. The standard InChI is InChI=1S/C16H23NO2/c1-11-7-6-10-14(12(11)2)17-16(19)15(18)13-8-4-3-5-9-13/h3-5,8-9,11-12,14-15,18H,6-7,10H2,1-2H3,(H,17,19). The molecule has 4 atom stereocenters. The maximum Gasteiger partial charge on any atom is 0.253 e. The van der Waals surface area contributed by atoms with Gasteiger partial charge in [-0.25, -0.2) is 0 Å². The number of nitrogens with one attached hydrogen (secondary N) is 1. The summed E-state index contributed by atoms with van der Waals surface area (Å²) in [4.78, 5) is 12.1. The molecular formula is C16H23NO2. The van der Waals surface area contributed by atoms with E-state index in [0.29, 0.717) is 17.4 Å². The molecule has 19 heavy (non-hydrogen) atoms. The maximum absolute atomic E-state index is 12.1. The Morgan fingerprint density at radius 2 is 1.95 bits per heavy atom. The Kier molecular flexibility index (Phi) is 4.59. The first-order chi connectivity index (χ1) is 9.09. The third-order valence-electron chi connectivity index (χ3n) is 4.40. The molecule has 104 valence electrons. The Morgan fingerprint density at radius 1 is 1.26 bits per heavy atom. The lowest BCUT2D eigenvalue weighted by Gasteiger charge is -2.35. The second-order valence-electron chi connectivity index (χ2n) is 5.70. The summed E-state index contributed by atoms with van der Waals surface area (Å²) in [5.74, 6) is 0.825. The predicted molar refractivity (Wildman–Crippen MR) is 75.5 cm³/mol. The van der Waals surface area contributed by atoms with E-state index in [1.807, 2.05) is 18.2 Å². The van der Waals surface area contributed by atoms with Gasteiger partial charge in [0.25, 0.3) is 5.91 Å². The highest BCUT2D eigenvalue weighted by molar-refractivity contribution is 5.82. The number of hydrogen-bond acceptors (Lipinski definition) is 2. The first kappa shape index (κ1) is 14.1. The molecule has 0 heterocycles. The van der Waals surface area contributed by atoms with E-state index in [1.54, 1.807) is 12.1 Å². The van der Waals surface area contributed by atoms with Crippen LogP contribution in [0.1, 0.15) is 44.8 Å². The molecule has 0 radical (unpaired) electrons. The summed E-state index contributed by atoms with van der Waals surface area (Å²) in [7, 11) is 0. The third-order valence-corrected chi connectivity index (χ3v) is 4.40. The molecule has 2 rings (SSSR count). The fraction of sp³-hybridized carbons (Fsp3) is 0.562. The summed E-state index contributed by atoms with van der Waals surface area (Å²) >= 11 is 0. The number of carbonyl (C=O) groups is 1. The fourth-order valence-electron chi connectivity index (χ4n) is 2.83. The average molecular weight is 261 g/mol. The van der Waals surface area contributed by atoms with Crippen LogP contribution in [0.3, 0.4) is 0 Å². The molecule has 1 amide bonds. The van der Waals surface area contributed by atoms with Crippen molar-refractivity contribution in [3.8, 4) is 0 Å². The quantitative estimate of drug-likeness (QED) is 0.879. The number of rotatable bonds is 3.